The molecule has 1 atom stereocenters. The predicted molar refractivity (Wildman–Crippen MR) is 125 cm³/mol. The van der Waals surface area contributed by atoms with Crippen molar-refractivity contribution < 1.29 is 59.6 Å². The molecule has 0 heterocycles. The fourth-order valence-corrected chi connectivity index (χ4v) is 2.93. The first kappa shape index (κ1) is 31.2. The van der Waals surface area contributed by atoms with Crippen molar-refractivity contribution in [2.45, 2.75) is 32.3 Å². The summed E-state index contributed by atoms with van der Waals surface area (Å²) in [6, 6.07) is 5.51. The molecule has 2 rings (SSSR count). The van der Waals surface area contributed by atoms with E-state index in [1.807, 2.05) is 6.92 Å². The third kappa shape index (κ3) is 11.5. The number of unbranched alkanes of at least 4 members (excludes halogenated alkanes) is 1. The Hall–Kier alpha value is -4.00. The Bertz CT molecular complexity index is 1140. The van der Waals surface area contributed by atoms with Crippen LogP contribution in [0.25, 0.3) is 0 Å². The molecule has 0 N–H and O–H groups in total. The molecule has 0 spiro atoms. The van der Waals surface area contributed by atoms with Gasteiger partial charge >= 0.3 is 36.1 Å². The summed E-state index contributed by atoms with van der Waals surface area (Å²) >= 11 is 0. The Labute approximate surface area is 219 Å². The highest BCUT2D eigenvalue weighted by atomic mass is 19.3. The second kappa shape index (κ2) is 16.1. The number of hydrogen-bond acceptors (Lipinski definition) is 7. The standard InChI is InChI=1S/C26H24F6O7/c1-16(35-14-15-37-26(34)18-7-11-20(12-8-18)39-24(32)22(29)30)4-2-3-13-36-25(33)17-5-9-19(10-6-17)38-23(31)21(27)28/h5-12,16H,2-4,13-15H2,1H3. The van der Waals surface area contributed by atoms with Crippen molar-refractivity contribution in [2.75, 3.05) is 19.8 Å². The van der Waals surface area contributed by atoms with Gasteiger partial charge < -0.3 is 23.7 Å². The van der Waals surface area contributed by atoms with Crippen LogP contribution in [0.3, 0.4) is 0 Å². The van der Waals surface area contributed by atoms with Crippen LogP contribution in [0, 0.1) is 0 Å². The van der Waals surface area contributed by atoms with Gasteiger partial charge in [-0.2, -0.15) is 26.3 Å². The topological polar surface area (TPSA) is 80.3 Å². The van der Waals surface area contributed by atoms with E-state index in [2.05, 4.69) is 9.47 Å². The molecule has 2 aromatic rings. The minimum Gasteiger partial charge on any atom is -0.462 e. The second-order valence-corrected chi connectivity index (χ2v) is 7.77. The van der Waals surface area contributed by atoms with Gasteiger partial charge in [-0.15, -0.1) is 0 Å². The Morgan fingerprint density at radius 3 is 1.51 bits per heavy atom. The summed E-state index contributed by atoms with van der Waals surface area (Å²) in [6.07, 6.45) is -3.53. The zero-order chi connectivity index (χ0) is 28.8. The minimum absolute atomic E-state index is 0.0427. The van der Waals surface area contributed by atoms with Gasteiger partial charge in [0.1, 0.15) is 18.1 Å². The summed E-state index contributed by atoms with van der Waals surface area (Å²) in [6.45, 7) is 2.02. The van der Waals surface area contributed by atoms with Gasteiger partial charge in [-0.05, 0) is 74.7 Å². The number of halogens is 6. The summed E-state index contributed by atoms with van der Waals surface area (Å²) in [5.41, 5.74) is 0.249. The van der Waals surface area contributed by atoms with Gasteiger partial charge in [0.05, 0.1) is 30.4 Å². The van der Waals surface area contributed by atoms with Gasteiger partial charge in [-0.25, -0.2) is 9.59 Å². The van der Waals surface area contributed by atoms with Crippen LogP contribution in [0.15, 0.2) is 72.7 Å². The van der Waals surface area contributed by atoms with Gasteiger partial charge in [-0.1, -0.05) is 0 Å². The lowest BCUT2D eigenvalue weighted by Gasteiger charge is -2.13. The predicted octanol–water partition coefficient (Wildman–Crippen LogP) is 7.10. The number of esters is 2. The van der Waals surface area contributed by atoms with Gasteiger partial charge in [0.25, 0.3) is 0 Å². The van der Waals surface area contributed by atoms with Gasteiger partial charge in [0.2, 0.25) is 0 Å². The molecular formula is C26H24F6O7. The average molecular weight is 562 g/mol. The normalized spacial score (nSPS) is 11.3. The van der Waals surface area contributed by atoms with E-state index < -0.39 is 36.1 Å². The monoisotopic (exact) mass is 562 g/mol. The maximum atomic E-state index is 12.8. The first-order valence-corrected chi connectivity index (χ1v) is 11.5. The lowest BCUT2D eigenvalue weighted by atomic mass is 10.2. The first-order valence-electron chi connectivity index (χ1n) is 11.5. The summed E-state index contributed by atoms with van der Waals surface area (Å²) in [5, 5.41) is 0. The van der Waals surface area contributed by atoms with Crippen LogP contribution in [-0.2, 0) is 14.2 Å². The molecule has 7 nitrogen and oxygen atoms in total. The zero-order valence-electron chi connectivity index (χ0n) is 20.6. The van der Waals surface area contributed by atoms with Gasteiger partial charge in [-0.3, -0.25) is 0 Å². The minimum atomic E-state index is -2.60. The van der Waals surface area contributed by atoms with Crippen molar-refractivity contribution in [3.05, 3.63) is 83.8 Å². The van der Waals surface area contributed by atoms with Crippen molar-refractivity contribution >= 4 is 11.9 Å². The van der Waals surface area contributed by atoms with Crippen molar-refractivity contribution in [1.82, 2.24) is 0 Å². The summed E-state index contributed by atoms with van der Waals surface area (Å²) < 4.78 is 98.0. The van der Waals surface area contributed by atoms with Crippen molar-refractivity contribution in [2.24, 2.45) is 0 Å². The molecule has 0 aliphatic heterocycles. The molecule has 13 heteroatoms. The Morgan fingerprint density at radius 1 is 0.641 bits per heavy atom. The first-order chi connectivity index (χ1) is 18.6. The fourth-order valence-electron chi connectivity index (χ4n) is 2.93. The molecule has 39 heavy (non-hydrogen) atoms. The highest BCUT2D eigenvalue weighted by Gasteiger charge is 2.12. The van der Waals surface area contributed by atoms with Crippen LogP contribution >= 0.6 is 0 Å². The third-order valence-electron chi connectivity index (χ3n) is 4.85. The number of ether oxygens (including phenoxy) is 5. The number of carbonyl (C=O) groups excluding carboxylic acids is 2. The Balaban J connectivity index is 1.57. The number of benzene rings is 2. The van der Waals surface area contributed by atoms with E-state index in [1.165, 1.54) is 24.3 Å². The SMILES string of the molecule is CC(CCCCOC(=O)c1ccc(OC(F)=C(F)F)cc1)OCCOC(=O)c1ccc(OC(F)=C(F)F)cc1. The summed E-state index contributed by atoms with van der Waals surface area (Å²) in [4.78, 5) is 24.0. The van der Waals surface area contributed by atoms with E-state index in [0.29, 0.717) is 19.3 Å². The highest BCUT2D eigenvalue weighted by molar-refractivity contribution is 5.90. The third-order valence-corrected chi connectivity index (χ3v) is 4.85. The number of hydrogen-bond donors (Lipinski definition) is 0. The zero-order valence-corrected chi connectivity index (χ0v) is 20.6. The molecule has 2 aromatic carbocycles. The van der Waals surface area contributed by atoms with Crippen LogP contribution in [0.4, 0.5) is 26.3 Å². The molecule has 212 valence electrons. The van der Waals surface area contributed by atoms with Crippen molar-refractivity contribution in [3.8, 4) is 11.5 Å². The quantitative estimate of drug-likeness (QED) is 0.0991. The molecule has 0 aromatic heterocycles. The second-order valence-electron chi connectivity index (χ2n) is 7.77. The Kier molecular flexibility index (Phi) is 12.9. The van der Waals surface area contributed by atoms with Gasteiger partial charge in [0.15, 0.2) is 0 Å². The molecule has 0 radical (unpaired) electrons. The fraction of sp³-hybridized carbons (Fsp3) is 0.308. The van der Waals surface area contributed by atoms with Gasteiger partial charge in [0, 0.05) is 0 Å². The molecule has 0 saturated carbocycles. The molecule has 0 aliphatic carbocycles. The van der Waals surface area contributed by atoms with Crippen LogP contribution in [0.1, 0.15) is 46.9 Å². The van der Waals surface area contributed by atoms with E-state index in [-0.39, 0.29) is 48.6 Å². The molecule has 0 fully saturated rings. The van der Waals surface area contributed by atoms with Crippen LogP contribution in [-0.4, -0.2) is 37.9 Å². The van der Waals surface area contributed by atoms with Crippen LogP contribution < -0.4 is 9.47 Å². The highest BCUT2D eigenvalue weighted by Crippen LogP contribution is 2.20. The lowest BCUT2D eigenvalue weighted by molar-refractivity contribution is 0.00933. The molecule has 0 saturated heterocycles. The van der Waals surface area contributed by atoms with E-state index in [0.717, 1.165) is 24.3 Å². The van der Waals surface area contributed by atoms with Crippen LogP contribution in [0.5, 0.6) is 11.5 Å². The van der Waals surface area contributed by atoms with E-state index >= 15 is 0 Å². The van der Waals surface area contributed by atoms with E-state index in [9.17, 15) is 35.9 Å². The molecule has 1 unspecified atom stereocenters. The van der Waals surface area contributed by atoms with Crippen LogP contribution in [0.2, 0.25) is 0 Å². The maximum Gasteiger partial charge on any atom is 0.344 e. The smallest absolute Gasteiger partial charge is 0.344 e. The maximum absolute atomic E-state index is 12.8. The Morgan fingerprint density at radius 2 is 1.08 bits per heavy atom. The molecule has 0 bridgehead atoms. The molecule has 0 aliphatic rings. The largest absolute Gasteiger partial charge is 0.462 e. The number of rotatable bonds is 15. The van der Waals surface area contributed by atoms with Crippen molar-refractivity contribution in [1.29, 1.82) is 0 Å². The van der Waals surface area contributed by atoms with Crippen molar-refractivity contribution in [3.63, 3.8) is 0 Å². The number of carbonyl (C=O) groups is 2. The van der Waals surface area contributed by atoms with E-state index in [1.54, 1.807) is 0 Å². The average Bonchev–Trinajstić information content (AvgIpc) is 2.91. The summed E-state index contributed by atoms with van der Waals surface area (Å²) in [5.74, 6) is -1.74. The molecular weight excluding hydrogens is 538 g/mol. The lowest BCUT2D eigenvalue weighted by Crippen LogP contribution is -2.16. The summed E-state index contributed by atoms with van der Waals surface area (Å²) in [7, 11) is 0. The molecule has 0 amide bonds. The van der Waals surface area contributed by atoms with E-state index in [4.69, 9.17) is 14.2 Å².